The van der Waals surface area contributed by atoms with Crippen LogP contribution in [0.25, 0.3) is 0 Å². The Balaban J connectivity index is 1.68. The number of hydrogen-bond acceptors (Lipinski definition) is 1. The number of rotatable bonds is 7. The molecular formula is C23H20Cl3NO. The maximum atomic E-state index is 12.4. The summed E-state index contributed by atoms with van der Waals surface area (Å²) in [6.07, 6.45) is 1.09. The van der Waals surface area contributed by atoms with Gasteiger partial charge in [-0.2, -0.15) is 0 Å². The van der Waals surface area contributed by atoms with E-state index in [0.29, 0.717) is 28.0 Å². The van der Waals surface area contributed by atoms with Gasteiger partial charge in [-0.05, 0) is 59.5 Å². The first-order valence-corrected chi connectivity index (χ1v) is 10.1. The molecule has 1 amide bonds. The first kappa shape index (κ1) is 20.7. The Bertz CT molecular complexity index is 923. The molecule has 1 atom stereocenters. The van der Waals surface area contributed by atoms with Crippen molar-refractivity contribution in [3.05, 3.63) is 105 Å². The van der Waals surface area contributed by atoms with Crippen LogP contribution in [0.2, 0.25) is 15.1 Å². The predicted octanol–water partition coefficient (Wildman–Crippen LogP) is 6.33. The van der Waals surface area contributed by atoms with Crippen LogP contribution in [-0.2, 0) is 17.6 Å². The lowest BCUT2D eigenvalue weighted by atomic mass is 9.92. The fraction of sp³-hybridized carbons (Fsp3) is 0.174. The Kier molecular flexibility index (Phi) is 7.38. The van der Waals surface area contributed by atoms with Gasteiger partial charge in [-0.25, -0.2) is 0 Å². The maximum absolute atomic E-state index is 12.4. The highest BCUT2D eigenvalue weighted by molar-refractivity contribution is 6.31. The highest BCUT2D eigenvalue weighted by Crippen LogP contribution is 2.23. The molecule has 3 aromatic carbocycles. The first-order chi connectivity index (χ1) is 13.5. The van der Waals surface area contributed by atoms with Crippen molar-refractivity contribution in [2.24, 2.45) is 0 Å². The summed E-state index contributed by atoms with van der Waals surface area (Å²) in [5.74, 6) is 0.0964. The van der Waals surface area contributed by atoms with Gasteiger partial charge in [-0.1, -0.05) is 71.2 Å². The molecule has 0 radical (unpaired) electrons. The summed E-state index contributed by atoms with van der Waals surface area (Å²) in [5.41, 5.74) is 3.18. The molecule has 0 heterocycles. The van der Waals surface area contributed by atoms with Gasteiger partial charge in [0.25, 0.3) is 0 Å². The second-order valence-corrected chi connectivity index (χ2v) is 8.00. The molecule has 5 heteroatoms. The summed E-state index contributed by atoms with van der Waals surface area (Å²) >= 11 is 18.0. The Hall–Kier alpha value is -2.00. The zero-order valence-corrected chi connectivity index (χ0v) is 17.4. The van der Waals surface area contributed by atoms with E-state index in [4.69, 9.17) is 34.8 Å². The average Bonchev–Trinajstić information content (AvgIpc) is 2.67. The van der Waals surface area contributed by atoms with Gasteiger partial charge < -0.3 is 5.32 Å². The Morgan fingerprint density at radius 1 is 0.786 bits per heavy atom. The molecule has 0 fully saturated rings. The minimum absolute atomic E-state index is 0.0302. The molecule has 0 unspecified atom stereocenters. The average molecular weight is 433 g/mol. The van der Waals surface area contributed by atoms with E-state index >= 15 is 0 Å². The summed E-state index contributed by atoms with van der Waals surface area (Å²) in [5, 5.41) is 5.09. The van der Waals surface area contributed by atoms with Crippen LogP contribution < -0.4 is 5.32 Å². The monoisotopic (exact) mass is 431 g/mol. The topological polar surface area (TPSA) is 29.1 Å². The van der Waals surface area contributed by atoms with Crippen molar-refractivity contribution in [1.82, 2.24) is 5.32 Å². The number of halogens is 3. The number of hydrogen-bond donors (Lipinski definition) is 1. The van der Waals surface area contributed by atoms with E-state index in [2.05, 4.69) is 5.32 Å². The van der Waals surface area contributed by atoms with E-state index in [1.54, 1.807) is 6.07 Å². The van der Waals surface area contributed by atoms with Crippen LogP contribution in [0.15, 0.2) is 72.8 Å². The van der Waals surface area contributed by atoms with Crippen LogP contribution in [0.1, 0.15) is 22.6 Å². The van der Waals surface area contributed by atoms with Gasteiger partial charge in [0.1, 0.15) is 0 Å². The summed E-state index contributed by atoms with van der Waals surface area (Å²) in [7, 11) is 0. The van der Waals surface area contributed by atoms with Crippen molar-refractivity contribution in [2.75, 3.05) is 6.54 Å². The number of carbonyl (C=O) groups is 1. The van der Waals surface area contributed by atoms with Crippen LogP contribution >= 0.6 is 34.8 Å². The van der Waals surface area contributed by atoms with Crippen LogP contribution in [0.4, 0.5) is 0 Å². The summed E-state index contributed by atoms with van der Waals surface area (Å²) < 4.78 is 0. The van der Waals surface area contributed by atoms with E-state index in [9.17, 15) is 4.79 Å². The van der Waals surface area contributed by atoms with Gasteiger partial charge in [0, 0.05) is 27.5 Å². The highest BCUT2D eigenvalue weighted by Gasteiger charge is 2.15. The minimum Gasteiger partial charge on any atom is -0.355 e. The first-order valence-electron chi connectivity index (χ1n) is 9.00. The molecular weight excluding hydrogens is 413 g/mol. The fourth-order valence-electron chi connectivity index (χ4n) is 3.08. The van der Waals surface area contributed by atoms with E-state index in [1.807, 2.05) is 66.7 Å². The normalized spacial score (nSPS) is 11.8. The Morgan fingerprint density at radius 3 is 2.07 bits per heavy atom. The van der Waals surface area contributed by atoms with Crippen molar-refractivity contribution >= 4 is 40.7 Å². The summed E-state index contributed by atoms with van der Waals surface area (Å²) in [4.78, 5) is 12.4. The van der Waals surface area contributed by atoms with Crippen molar-refractivity contribution in [1.29, 1.82) is 0 Å². The van der Waals surface area contributed by atoms with E-state index in [0.717, 1.165) is 23.1 Å². The van der Waals surface area contributed by atoms with Gasteiger partial charge in [-0.15, -0.1) is 0 Å². The third-order valence-corrected chi connectivity index (χ3v) is 5.28. The van der Waals surface area contributed by atoms with Crippen molar-refractivity contribution < 1.29 is 4.79 Å². The molecule has 0 saturated heterocycles. The second-order valence-electron chi connectivity index (χ2n) is 6.69. The predicted molar refractivity (Wildman–Crippen MR) is 118 cm³/mol. The van der Waals surface area contributed by atoms with Crippen LogP contribution in [-0.4, -0.2) is 12.5 Å². The van der Waals surface area contributed by atoms with E-state index in [-0.39, 0.29) is 11.8 Å². The SMILES string of the molecule is O=C(Cc1cccc(Cl)c1)NC[C@H](Cc1ccc(Cl)cc1)c1ccc(Cl)cc1. The lowest BCUT2D eigenvalue weighted by Gasteiger charge is -2.19. The number of amides is 1. The van der Waals surface area contributed by atoms with Gasteiger partial charge in [-0.3, -0.25) is 4.79 Å². The van der Waals surface area contributed by atoms with E-state index < -0.39 is 0 Å². The zero-order chi connectivity index (χ0) is 19.9. The van der Waals surface area contributed by atoms with Crippen LogP contribution in [0, 0.1) is 0 Å². The molecule has 0 aliphatic heterocycles. The third kappa shape index (κ3) is 6.27. The van der Waals surface area contributed by atoms with Crippen molar-refractivity contribution in [2.45, 2.75) is 18.8 Å². The van der Waals surface area contributed by atoms with Crippen molar-refractivity contribution in [3.8, 4) is 0 Å². The molecule has 0 saturated carbocycles. The second kappa shape index (κ2) is 9.97. The molecule has 0 aromatic heterocycles. The summed E-state index contributed by atoms with van der Waals surface area (Å²) in [6.45, 7) is 0.531. The van der Waals surface area contributed by atoms with Gasteiger partial charge in [0.05, 0.1) is 6.42 Å². The van der Waals surface area contributed by atoms with Gasteiger partial charge in [0.15, 0.2) is 0 Å². The molecule has 28 heavy (non-hydrogen) atoms. The van der Waals surface area contributed by atoms with Crippen LogP contribution in [0.5, 0.6) is 0 Å². The Morgan fingerprint density at radius 2 is 1.43 bits per heavy atom. The fourth-order valence-corrected chi connectivity index (χ4v) is 3.54. The molecule has 3 rings (SSSR count). The molecule has 144 valence electrons. The Labute approximate surface area is 180 Å². The largest absolute Gasteiger partial charge is 0.355 e. The van der Waals surface area contributed by atoms with Crippen molar-refractivity contribution in [3.63, 3.8) is 0 Å². The third-order valence-electron chi connectivity index (χ3n) is 4.54. The lowest BCUT2D eigenvalue weighted by Crippen LogP contribution is -2.30. The minimum atomic E-state index is -0.0302. The number of benzene rings is 3. The van der Waals surface area contributed by atoms with E-state index in [1.165, 1.54) is 0 Å². The number of carbonyl (C=O) groups excluding carboxylic acids is 1. The van der Waals surface area contributed by atoms with Gasteiger partial charge in [0.2, 0.25) is 5.91 Å². The standard InChI is InChI=1S/C23H20Cl3NO/c24-20-8-4-16(5-9-20)12-19(18-6-10-21(25)11-7-18)15-27-23(28)14-17-2-1-3-22(26)13-17/h1-11,13,19H,12,14-15H2,(H,27,28)/t19-/m0/s1. The van der Waals surface area contributed by atoms with Gasteiger partial charge >= 0.3 is 0 Å². The maximum Gasteiger partial charge on any atom is 0.224 e. The molecule has 0 spiro atoms. The molecule has 3 aromatic rings. The zero-order valence-electron chi connectivity index (χ0n) is 15.2. The smallest absolute Gasteiger partial charge is 0.224 e. The highest BCUT2D eigenvalue weighted by atomic mass is 35.5. The quantitative estimate of drug-likeness (QED) is 0.464. The molecule has 0 aliphatic rings. The molecule has 2 nitrogen and oxygen atoms in total. The summed E-state index contributed by atoms with van der Waals surface area (Å²) in [6, 6.07) is 22.9. The number of nitrogens with one attached hydrogen (secondary N) is 1. The lowest BCUT2D eigenvalue weighted by molar-refractivity contribution is -0.120. The van der Waals surface area contributed by atoms with Crippen LogP contribution in [0.3, 0.4) is 0 Å². The molecule has 0 aliphatic carbocycles. The molecule has 0 bridgehead atoms. The molecule has 1 N–H and O–H groups in total.